The molecule has 0 amide bonds. The van der Waals surface area contributed by atoms with Gasteiger partial charge in [-0.05, 0) is 37.1 Å². The second-order valence-corrected chi connectivity index (χ2v) is 4.08. The Kier molecular flexibility index (Phi) is 3.82. The predicted octanol–water partition coefficient (Wildman–Crippen LogP) is 2.10. The fraction of sp³-hybridized carbons (Fsp3) is 0.600. The van der Waals surface area contributed by atoms with Crippen molar-refractivity contribution in [2.45, 2.75) is 32.2 Å². The zero-order valence-corrected chi connectivity index (χ0v) is 8.72. The Morgan fingerprint density at radius 2 is 2.23 bits per heavy atom. The van der Waals surface area contributed by atoms with Crippen LogP contribution in [-0.2, 0) is 0 Å². The van der Waals surface area contributed by atoms with Crippen LogP contribution in [0, 0.1) is 5.92 Å². The van der Waals surface area contributed by atoms with Crippen molar-refractivity contribution >= 4 is 11.6 Å². The summed E-state index contributed by atoms with van der Waals surface area (Å²) in [5.41, 5.74) is 12.2. The minimum Gasteiger partial charge on any atom is -0.405 e. The summed E-state index contributed by atoms with van der Waals surface area (Å²) in [6, 6.07) is -0.00892. The summed E-state index contributed by atoms with van der Waals surface area (Å²) in [6.45, 7) is 1.93. The highest BCUT2D eigenvalue weighted by atomic mass is 35.5. The highest BCUT2D eigenvalue weighted by molar-refractivity contribution is 6.30. The molecule has 2 nitrogen and oxygen atoms in total. The summed E-state index contributed by atoms with van der Waals surface area (Å²) in [6.07, 6.45) is 6.90. The first-order chi connectivity index (χ1) is 6.15. The van der Waals surface area contributed by atoms with Crippen LogP contribution in [0.1, 0.15) is 26.2 Å². The van der Waals surface area contributed by atoms with Crippen molar-refractivity contribution in [2.24, 2.45) is 17.4 Å². The van der Waals surface area contributed by atoms with Crippen molar-refractivity contribution in [2.75, 3.05) is 0 Å². The summed E-state index contributed by atoms with van der Waals surface area (Å²) in [7, 11) is 0. The maximum absolute atomic E-state index is 6.08. The highest BCUT2D eigenvalue weighted by Crippen LogP contribution is 2.35. The number of hydrogen-bond donors (Lipinski definition) is 2. The number of allylic oxidation sites excluding steroid dienone is 2. The Hall–Kier alpha value is -0.470. The molecule has 1 rings (SSSR count). The average Bonchev–Trinajstić information content (AvgIpc) is 2.87. The van der Waals surface area contributed by atoms with Gasteiger partial charge in [0.05, 0.1) is 0 Å². The predicted molar refractivity (Wildman–Crippen MR) is 57.2 cm³/mol. The van der Waals surface area contributed by atoms with Gasteiger partial charge in [0.15, 0.2) is 0 Å². The lowest BCUT2D eigenvalue weighted by molar-refractivity contribution is 0.643. The van der Waals surface area contributed by atoms with E-state index in [4.69, 9.17) is 23.1 Å². The van der Waals surface area contributed by atoms with Crippen LogP contribution in [0.3, 0.4) is 0 Å². The first-order valence-electron chi connectivity index (χ1n) is 4.65. The minimum absolute atomic E-state index is 0.00892. The molecule has 13 heavy (non-hydrogen) atoms. The van der Waals surface area contributed by atoms with Crippen molar-refractivity contribution in [3.8, 4) is 0 Å². The second kappa shape index (κ2) is 4.68. The number of nitrogens with two attached hydrogens (primary N) is 2. The van der Waals surface area contributed by atoms with Crippen molar-refractivity contribution in [3.63, 3.8) is 0 Å². The Morgan fingerprint density at radius 1 is 1.62 bits per heavy atom. The van der Waals surface area contributed by atoms with E-state index < -0.39 is 0 Å². The summed E-state index contributed by atoms with van der Waals surface area (Å²) >= 11 is 6.08. The molecular weight excluding hydrogens is 184 g/mol. The first kappa shape index (κ1) is 10.6. The van der Waals surface area contributed by atoms with Gasteiger partial charge in [0, 0.05) is 11.1 Å². The molecule has 1 saturated carbocycles. The molecule has 1 unspecified atom stereocenters. The number of hydrogen-bond acceptors (Lipinski definition) is 2. The van der Waals surface area contributed by atoms with E-state index in [1.54, 1.807) is 6.08 Å². The third-order valence-electron chi connectivity index (χ3n) is 2.33. The molecule has 0 spiro atoms. The lowest BCUT2D eigenvalue weighted by atomic mass is 10.1. The Balaban J connectivity index is 2.51. The molecule has 0 saturated heterocycles. The summed E-state index contributed by atoms with van der Waals surface area (Å²) in [5.74, 6) is 0.804. The van der Waals surface area contributed by atoms with Gasteiger partial charge in [-0.15, -0.1) is 0 Å². The van der Waals surface area contributed by atoms with E-state index in [1.165, 1.54) is 19.0 Å². The summed E-state index contributed by atoms with van der Waals surface area (Å²) in [4.78, 5) is 0. The topological polar surface area (TPSA) is 52.0 Å². The molecule has 1 aliphatic carbocycles. The van der Waals surface area contributed by atoms with Crippen LogP contribution in [-0.4, -0.2) is 6.04 Å². The van der Waals surface area contributed by atoms with Gasteiger partial charge in [-0.3, -0.25) is 0 Å². The van der Waals surface area contributed by atoms with E-state index in [2.05, 4.69) is 0 Å². The van der Waals surface area contributed by atoms with Crippen LogP contribution < -0.4 is 11.5 Å². The lowest BCUT2D eigenvalue weighted by Gasteiger charge is -2.11. The molecule has 0 heterocycles. The molecule has 1 fully saturated rings. The quantitative estimate of drug-likeness (QED) is 0.683. The van der Waals surface area contributed by atoms with Crippen LogP contribution in [0.2, 0.25) is 0 Å². The van der Waals surface area contributed by atoms with Crippen molar-refractivity contribution in [1.82, 2.24) is 0 Å². The van der Waals surface area contributed by atoms with Gasteiger partial charge in [-0.1, -0.05) is 24.4 Å². The molecule has 0 aromatic heterocycles. The molecule has 0 aromatic carbocycles. The first-order valence-corrected chi connectivity index (χ1v) is 5.03. The maximum Gasteiger partial charge on any atom is 0.0408 e. The largest absolute Gasteiger partial charge is 0.405 e. The smallest absolute Gasteiger partial charge is 0.0408 e. The van der Waals surface area contributed by atoms with Crippen LogP contribution >= 0.6 is 11.6 Å². The van der Waals surface area contributed by atoms with E-state index in [-0.39, 0.29) is 6.04 Å². The van der Waals surface area contributed by atoms with Crippen molar-refractivity contribution < 1.29 is 0 Å². The lowest BCUT2D eigenvalue weighted by Crippen LogP contribution is -2.21. The van der Waals surface area contributed by atoms with Crippen LogP contribution in [0.25, 0.3) is 0 Å². The van der Waals surface area contributed by atoms with Gasteiger partial charge < -0.3 is 11.5 Å². The third-order valence-corrected chi connectivity index (χ3v) is 2.91. The minimum atomic E-state index is -0.00892. The molecular formula is C10H17ClN2. The van der Waals surface area contributed by atoms with Crippen LogP contribution in [0.4, 0.5) is 0 Å². The molecule has 0 aromatic rings. The van der Waals surface area contributed by atoms with Crippen LogP contribution in [0.5, 0.6) is 0 Å². The molecule has 0 bridgehead atoms. The van der Waals surface area contributed by atoms with Crippen molar-refractivity contribution in [1.29, 1.82) is 0 Å². The third kappa shape index (κ3) is 3.41. The average molecular weight is 201 g/mol. The molecule has 0 radical (unpaired) electrons. The van der Waals surface area contributed by atoms with Gasteiger partial charge in [0.25, 0.3) is 0 Å². The molecule has 1 atom stereocenters. The van der Waals surface area contributed by atoms with Gasteiger partial charge in [0.2, 0.25) is 0 Å². The monoisotopic (exact) mass is 200 g/mol. The molecule has 4 N–H and O–H groups in total. The van der Waals surface area contributed by atoms with E-state index in [0.29, 0.717) is 0 Å². The summed E-state index contributed by atoms with van der Waals surface area (Å²) in [5, 5.41) is 0.744. The fourth-order valence-corrected chi connectivity index (χ4v) is 1.48. The Bertz CT molecular complexity index is 229. The van der Waals surface area contributed by atoms with Crippen molar-refractivity contribution in [3.05, 3.63) is 22.9 Å². The zero-order chi connectivity index (χ0) is 9.84. The fourth-order valence-electron chi connectivity index (χ4n) is 1.33. The molecule has 3 heteroatoms. The van der Waals surface area contributed by atoms with Gasteiger partial charge in [0.1, 0.15) is 0 Å². The number of halogens is 1. The van der Waals surface area contributed by atoms with Gasteiger partial charge in [-0.25, -0.2) is 0 Å². The standard InChI is InChI=1S/C10H17ClN2/c1-7(4-5-12)10(11)9(13)6-8-2-3-8/h4-5,8-9H,2-3,6,12-13H2,1H3/b5-4-,10-7+. The molecule has 74 valence electrons. The number of rotatable bonds is 4. The van der Waals surface area contributed by atoms with Gasteiger partial charge >= 0.3 is 0 Å². The van der Waals surface area contributed by atoms with E-state index in [0.717, 1.165) is 22.9 Å². The Labute approximate surface area is 84.6 Å². The maximum atomic E-state index is 6.08. The van der Waals surface area contributed by atoms with Crippen LogP contribution in [0.15, 0.2) is 22.9 Å². The normalized spacial score (nSPS) is 21.8. The van der Waals surface area contributed by atoms with E-state index in [1.807, 2.05) is 6.92 Å². The summed E-state index contributed by atoms with van der Waals surface area (Å²) < 4.78 is 0. The molecule has 0 aliphatic heterocycles. The van der Waals surface area contributed by atoms with E-state index in [9.17, 15) is 0 Å². The van der Waals surface area contributed by atoms with E-state index >= 15 is 0 Å². The highest BCUT2D eigenvalue weighted by Gasteiger charge is 2.25. The molecule has 1 aliphatic rings. The second-order valence-electron chi connectivity index (χ2n) is 3.68. The Morgan fingerprint density at radius 3 is 2.69 bits per heavy atom. The SMILES string of the molecule is CC(/C=C\N)=C(\Cl)C(N)CC1CC1. The zero-order valence-electron chi connectivity index (χ0n) is 7.96. The van der Waals surface area contributed by atoms with Gasteiger partial charge in [-0.2, -0.15) is 0 Å².